The lowest BCUT2D eigenvalue weighted by atomic mass is 10.1. The Morgan fingerprint density at radius 2 is 2.03 bits per heavy atom. The van der Waals surface area contributed by atoms with Crippen molar-refractivity contribution in [2.75, 3.05) is 20.8 Å². The Balaban J connectivity index is 1.47. The van der Waals surface area contributed by atoms with Gasteiger partial charge in [-0.25, -0.2) is 4.98 Å². The predicted molar refractivity (Wildman–Crippen MR) is 153 cm³/mol. The van der Waals surface area contributed by atoms with Crippen LogP contribution < -0.4 is 14.8 Å². The number of hydrogen-bond donors (Lipinski definition) is 1. The summed E-state index contributed by atoms with van der Waals surface area (Å²) in [5.41, 5.74) is 6.49. The highest BCUT2D eigenvalue weighted by Crippen LogP contribution is 2.33. The molecule has 1 aliphatic rings. The third-order valence-electron chi connectivity index (χ3n) is 7.10. The second-order valence-corrected chi connectivity index (χ2v) is 10.4. The number of methoxy groups -OCH3 is 2. The van der Waals surface area contributed by atoms with Gasteiger partial charge in [0.25, 0.3) is 5.91 Å². The van der Waals surface area contributed by atoms with Crippen LogP contribution in [0.2, 0.25) is 0 Å². The number of carbonyl (C=O) groups excluding carboxylic acids is 1. The van der Waals surface area contributed by atoms with Crippen molar-refractivity contribution in [2.45, 2.75) is 52.3 Å². The van der Waals surface area contributed by atoms with E-state index in [0.29, 0.717) is 30.2 Å². The summed E-state index contributed by atoms with van der Waals surface area (Å²) in [6.45, 7) is 5.44. The van der Waals surface area contributed by atoms with Crippen molar-refractivity contribution in [3.8, 4) is 33.5 Å². The Labute approximate surface area is 233 Å². The number of thiazole rings is 1. The number of benzene rings is 1. The van der Waals surface area contributed by atoms with E-state index in [1.807, 2.05) is 43.5 Å². The normalized spacial score (nSPS) is 14.9. The van der Waals surface area contributed by atoms with E-state index in [1.165, 1.54) is 0 Å². The maximum absolute atomic E-state index is 13.3. The van der Waals surface area contributed by atoms with E-state index in [9.17, 15) is 4.79 Å². The quantitative estimate of drug-likeness (QED) is 0.276. The van der Waals surface area contributed by atoms with E-state index in [-0.39, 0.29) is 12.1 Å². The highest BCUT2D eigenvalue weighted by atomic mass is 32.1. The molecule has 39 heavy (non-hydrogen) atoms. The third-order valence-corrected chi connectivity index (χ3v) is 7.99. The average Bonchev–Trinajstić information content (AvgIpc) is 3.72. The van der Waals surface area contributed by atoms with Crippen molar-refractivity contribution < 1.29 is 19.0 Å². The van der Waals surface area contributed by atoms with E-state index in [0.717, 1.165) is 64.6 Å². The molecule has 0 saturated carbocycles. The molecule has 9 heteroatoms. The van der Waals surface area contributed by atoms with E-state index < -0.39 is 0 Å². The lowest BCUT2D eigenvalue weighted by molar-refractivity contribution is 0.0639. The van der Waals surface area contributed by atoms with Crippen LogP contribution in [-0.4, -0.2) is 47.5 Å². The Morgan fingerprint density at radius 3 is 2.77 bits per heavy atom. The molecular weight excluding hydrogens is 512 g/mol. The molecule has 4 aromatic rings. The number of aryl methyl sites for hydroxylation is 2. The van der Waals surface area contributed by atoms with E-state index >= 15 is 0 Å². The van der Waals surface area contributed by atoms with Crippen LogP contribution in [0.15, 0.2) is 48.0 Å². The van der Waals surface area contributed by atoms with Gasteiger partial charge in [-0.3, -0.25) is 9.78 Å². The first kappa shape index (κ1) is 26.9. The summed E-state index contributed by atoms with van der Waals surface area (Å²) < 4.78 is 18.7. The highest BCUT2D eigenvalue weighted by Gasteiger charge is 2.24. The Kier molecular flexibility index (Phi) is 8.28. The number of pyridine rings is 1. The zero-order chi connectivity index (χ0) is 27.4. The largest absolute Gasteiger partial charge is 0.493 e. The molecule has 1 atom stereocenters. The monoisotopic (exact) mass is 546 g/mol. The zero-order valence-corrected chi connectivity index (χ0v) is 23.6. The molecule has 1 saturated heterocycles. The molecule has 0 aliphatic carbocycles. The molecule has 1 aliphatic heterocycles. The van der Waals surface area contributed by atoms with Gasteiger partial charge in [0.05, 0.1) is 31.2 Å². The minimum absolute atomic E-state index is 0.123. The van der Waals surface area contributed by atoms with E-state index in [2.05, 4.69) is 33.2 Å². The number of ether oxygens (including phenoxy) is 3. The lowest BCUT2D eigenvalue weighted by Crippen LogP contribution is -2.34. The minimum atomic E-state index is -0.235. The van der Waals surface area contributed by atoms with Crippen molar-refractivity contribution in [2.24, 2.45) is 0 Å². The fourth-order valence-corrected chi connectivity index (χ4v) is 5.71. The number of nitrogens with zero attached hydrogens (tertiary/aromatic N) is 3. The van der Waals surface area contributed by atoms with Gasteiger partial charge < -0.3 is 24.1 Å². The summed E-state index contributed by atoms with van der Waals surface area (Å²) in [7, 11) is 3.27. The first-order valence-corrected chi connectivity index (χ1v) is 14.1. The van der Waals surface area contributed by atoms with Crippen molar-refractivity contribution in [3.63, 3.8) is 0 Å². The van der Waals surface area contributed by atoms with Crippen molar-refractivity contribution in [1.82, 2.24) is 19.9 Å². The molecule has 1 amide bonds. The molecule has 1 aromatic carbocycles. The maximum atomic E-state index is 13.3. The van der Waals surface area contributed by atoms with Crippen LogP contribution in [0.1, 0.15) is 47.1 Å². The number of aromatic nitrogens is 3. The molecular formula is C30H34N4O4S. The third kappa shape index (κ3) is 5.84. The Bertz CT molecular complexity index is 1460. The molecule has 5 rings (SSSR count). The highest BCUT2D eigenvalue weighted by molar-refractivity contribution is 7.13. The molecule has 0 spiro atoms. The van der Waals surface area contributed by atoms with E-state index in [4.69, 9.17) is 19.2 Å². The molecule has 204 valence electrons. The molecule has 1 fully saturated rings. The second kappa shape index (κ2) is 12.0. The summed E-state index contributed by atoms with van der Waals surface area (Å²) in [6.07, 6.45) is 5.00. The molecule has 1 N–H and O–H groups in total. The first-order chi connectivity index (χ1) is 19.0. The van der Waals surface area contributed by atoms with Crippen LogP contribution in [0.5, 0.6) is 11.5 Å². The number of hydrogen-bond acceptors (Lipinski definition) is 7. The average molecular weight is 547 g/mol. The van der Waals surface area contributed by atoms with Gasteiger partial charge in [-0.15, -0.1) is 11.3 Å². The van der Waals surface area contributed by atoms with Crippen LogP contribution in [0.25, 0.3) is 22.0 Å². The minimum Gasteiger partial charge on any atom is -0.493 e. The SMILES string of the molecule is CCc1cc(-c2nc(-c3cc(C(=O)NC4CCCO4)c(C)n3CCc3ccc(OC)c(OC)c3)cs2)ccn1. The first-order valence-electron chi connectivity index (χ1n) is 13.3. The predicted octanol–water partition coefficient (Wildman–Crippen LogP) is 5.67. The number of carbonyl (C=O) groups is 1. The van der Waals surface area contributed by atoms with E-state index in [1.54, 1.807) is 25.6 Å². The van der Waals surface area contributed by atoms with Gasteiger partial charge in [-0.1, -0.05) is 13.0 Å². The molecule has 0 bridgehead atoms. The summed E-state index contributed by atoms with van der Waals surface area (Å²) in [6, 6.07) is 12.0. The Hall–Kier alpha value is -3.69. The summed E-state index contributed by atoms with van der Waals surface area (Å²) in [5, 5.41) is 6.03. The van der Waals surface area contributed by atoms with Crippen LogP contribution in [0.3, 0.4) is 0 Å². The molecule has 8 nitrogen and oxygen atoms in total. The fourth-order valence-electron chi connectivity index (χ4n) is 4.90. The zero-order valence-electron chi connectivity index (χ0n) is 22.8. The summed E-state index contributed by atoms with van der Waals surface area (Å²) in [4.78, 5) is 22.7. The number of amides is 1. The maximum Gasteiger partial charge on any atom is 0.255 e. The van der Waals surface area contributed by atoms with Gasteiger partial charge in [0, 0.05) is 41.7 Å². The second-order valence-electron chi connectivity index (χ2n) is 9.52. The van der Waals surface area contributed by atoms with Crippen LogP contribution in [0.4, 0.5) is 0 Å². The molecule has 0 radical (unpaired) electrons. The van der Waals surface area contributed by atoms with Gasteiger partial charge in [0.1, 0.15) is 11.2 Å². The van der Waals surface area contributed by atoms with Crippen LogP contribution in [-0.2, 0) is 24.1 Å². The topological polar surface area (TPSA) is 87.5 Å². The smallest absolute Gasteiger partial charge is 0.255 e. The van der Waals surface area contributed by atoms with Gasteiger partial charge in [-0.2, -0.15) is 0 Å². The van der Waals surface area contributed by atoms with Crippen LogP contribution in [0, 0.1) is 6.92 Å². The summed E-state index contributed by atoms with van der Waals surface area (Å²) in [5.74, 6) is 1.27. The number of nitrogens with one attached hydrogen (secondary N) is 1. The van der Waals surface area contributed by atoms with Gasteiger partial charge >= 0.3 is 0 Å². The summed E-state index contributed by atoms with van der Waals surface area (Å²) >= 11 is 1.60. The Morgan fingerprint density at radius 1 is 1.18 bits per heavy atom. The van der Waals surface area contributed by atoms with Crippen molar-refractivity contribution >= 4 is 17.2 Å². The fraction of sp³-hybridized carbons (Fsp3) is 0.367. The van der Waals surface area contributed by atoms with Crippen molar-refractivity contribution in [1.29, 1.82) is 0 Å². The lowest BCUT2D eigenvalue weighted by Gasteiger charge is -2.14. The standard InChI is InChI=1S/C30H34N4O4S/c1-5-22-16-21(10-12-31-22)30-32-24(18-39-30)25-17-23(29(35)33-28-7-6-14-38-28)19(2)34(25)13-11-20-8-9-26(36-3)27(15-20)37-4/h8-10,12,15-18,28H,5-7,11,13-14H2,1-4H3,(H,33,35). The van der Waals surface area contributed by atoms with Crippen LogP contribution >= 0.6 is 11.3 Å². The number of rotatable bonds is 10. The molecule has 1 unspecified atom stereocenters. The molecule has 3 aromatic heterocycles. The van der Waals surface area contributed by atoms with Crippen molar-refractivity contribution in [3.05, 3.63) is 70.5 Å². The van der Waals surface area contributed by atoms with Gasteiger partial charge in [0.15, 0.2) is 11.5 Å². The van der Waals surface area contributed by atoms with Gasteiger partial charge in [0.2, 0.25) is 0 Å². The molecule has 4 heterocycles. The van der Waals surface area contributed by atoms with Gasteiger partial charge in [-0.05, 0) is 68.5 Å².